The Kier molecular flexibility index (Phi) is 8.52. The van der Waals surface area contributed by atoms with E-state index in [0.29, 0.717) is 35.3 Å². The SMILES string of the molecule is COc1ccc(C(=O)NN)cc1OCC#Cc1cc2c(NC3CCN(C)CC3F)cccc2n1CC(F)(F)F. The molecule has 1 aliphatic heterocycles. The van der Waals surface area contributed by atoms with Gasteiger partial charge in [-0.2, -0.15) is 13.2 Å². The number of piperidine rings is 1. The molecule has 208 valence electrons. The van der Waals surface area contributed by atoms with E-state index in [0.717, 1.165) is 4.57 Å². The fourth-order valence-corrected chi connectivity index (χ4v) is 4.54. The van der Waals surface area contributed by atoms with Gasteiger partial charge in [0.1, 0.15) is 19.3 Å². The lowest BCUT2D eigenvalue weighted by atomic mass is 10.0. The van der Waals surface area contributed by atoms with E-state index in [2.05, 4.69) is 17.2 Å². The minimum Gasteiger partial charge on any atom is -0.493 e. The smallest absolute Gasteiger partial charge is 0.406 e. The number of rotatable bonds is 7. The first-order valence-electron chi connectivity index (χ1n) is 12.2. The molecule has 1 amide bonds. The average Bonchev–Trinajstić information content (AvgIpc) is 3.24. The van der Waals surface area contributed by atoms with Crippen LogP contribution in [0.5, 0.6) is 11.5 Å². The lowest BCUT2D eigenvalue weighted by Gasteiger charge is -2.33. The Morgan fingerprint density at radius 3 is 2.69 bits per heavy atom. The summed E-state index contributed by atoms with van der Waals surface area (Å²) in [6, 6.07) is 10.5. The maximum absolute atomic E-state index is 14.6. The molecule has 1 fully saturated rings. The number of aromatic nitrogens is 1. The van der Waals surface area contributed by atoms with Gasteiger partial charge in [0, 0.05) is 29.7 Å². The van der Waals surface area contributed by atoms with Crippen molar-refractivity contribution in [2.75, 3.05) is 39.2 Å². The van der Waals surface area contributed by atoms with E-state index in [4.69, 9.17) is 15.3 Å². The average molecular weight is 548 g/mol. The number of methoxy groups -OCH3 is 1. The van der Waals surface area contributed by atoms with Crippen molar-refractivity contribution < 1.29 is 31.8 Å². The maximum Gasteiger partial charge on any atom is 0.406 e. The molecule has 1 aromatic heterocycles. The summed E-state index contributed by atoms with van der Waals surface area (Å²) in [5.74, 6) is 10.7. The molecule has 39 heavy (non-hydrogen) atoms. The summed E-state index contributed by atoms with van der Waals surface area (Å²) < 4.78 is 67.1. The van der Waals surface area contributed by atoms with E-state index in [1.165, 1.54) is 25.3 Å². The van der Waals surface area contributed by atoms with Crippen LogP contribution in [0.15, 0.2) is 42.5 Å². The van der Waals surface area contributed by atoms with E-state index in [9.17, 15) is 22.4 Å². The van der Waals surface area contributed by atoms with Gasteiger partial charge in [-0.3, -0.25) is 10.2 Å². The van der Waals surface area contributed by atoms with Gasteiger partial charge in [0.25, 0.3) is 5.91 Å². The largest absolute Gasteiger partial charge is 0.493 e. The number of nitrogen functional groups attached to an aromatic ring is 1. The molecule has 2 heterocycles. The number of carbonyl (C=O) groups excluding carboxylic acids is 1. The number of amides is 1. The topological polar surface area (TPSA) is 93.8 Å². The summed E-state index contributed by atoms with van der Waals surface area (Å²) in [6.07, 6.45) is -5.03. The number of hydrogen-bond donors (Lipinski definition) is 3. The molecule has 2 unspecified atom stereocenters. The van der Waals surface area contributed by atoms with Crippen LogP contribution in [-0.2, 0) is 6.54 Å². The van der Waals surface area contributed by atoms with Gasteiger partial charge < -0.3 is 24.3 Å². The Morgan fingerprint density at radius 1 is 1.21 bits per heavy atom. The Morgan fingerprint density at radius 2 is 2.00 bits per heavy atom. The first-order chi connectivity index (χ1) is 18.6. The zero-order chi connectivity index (χ0) is 28.2. The van der Waals surface area contributed by atoms with Crippen LogP contribution in [0.3, 0.4) is 0 Å². The standard InChI is InChI=1S/C27H29F4N5O3/c1-35-11-10-22(20(28)15-35)33-21-6-3-7-23-19(21)14-18(36(23)16-27(29,30)31)5-4-12-39-25-13-17(26(37)34-32)8-9-24(25)38-2/h3,6-9,13-14,20,22,33H,10-12,15-16,32H2,1-2H3,(H,34,37). The van der Waals surface area contributed by atoms with Gasteiger partial charge in [-0.15, -0.1) is 0 Å². The number of hydrazine groups is 1. The molecular weight excluding hydrogens is 518 g/mol. The Balaban J connectivity index is 1.61. The molecule has 4 rings (SSSR count). The van der Waals surface area contributed by atoms with Gasteiger partial charge >= 0.3 is 6.18 Å². The number of carbonyl (C=O) groups is 1. The minimum atomic E-state index is -4.49. The fourth-order valence-electron chi connectivity index (χ4n) is 4.54. The normalized spacial score (nSPS) is 17.8. The highest BCUT2D eigenvalue weighted by atomic mass is 19.4. The summed E-state index contributed by atoms with van der Waals surface area (Å²) in [4.78, 5) is 13.7. The third-order valence-corrected chi connectivity index (χ3v) is 6.44. The number of nitrogens with zero attached hydrogens (tertiary/aromatic N) is 2. The van der Waals surface area contributed by atoms with Gasteiger partial charge in [0.05, 0.1) is 24.4 Å². The monoisotopic (exact) mass is 547 g/mol. The number of halogens is 4. The Labute approximate surface area is 223 Å². The van der Waals surface area contributed by atoms with Crippen LogP contribution < -0.4 is 26.1 Å². The lowest BCUT2D eigenvalue weighted by molar-refractivity contribution is -0.140. The summed E-state index contributed by atoms with van der Waals surface area (Å²) in [7, 11) is 3.27. The highest BCUT2D eigenvalue weighted by molar-refractivity contribution is 5.95. The Bertz CT molecular complexity index is 1400. The molecule has 0 aliphatic carbocycles. The predicted molar refractivity (Wildman–Crippen MR) is 139 cm³/mol. The molecule has 2 aromatic carbocycles. The first-order valence-corrected chi connectivity index (χ1v) is 12.2. The minimum absolute atomic E-state index is 0.128. The summed E-state index contributed by atoms with van der Waals surface area (Å²) in [5.41, 5.74) is 3.25. The molecule has 0 saturated carbocycles. The van der Waals surface area contributed by atoms with E-state index in [-0.39, 0.29) is 30.2 Å². The molecule has 3 aromatic rings. The van der Waals surface area contributed by atoms with Crippen LogP contribution >= 0.6 is 0 Å². The molecule has 8 nitrogen and oxygen atoms in total. The van der Waals surface area contributed by atoms with Gasteiger partial charge in [0.2, 0.25) is 0 Å². The number of nitrogens with two attached hydrogens (primary N) is 1. The molecule has 1 saturated heterocycles. The summed E-state index contributed by atoms with van der Waals surface area (Å²) >= 11 is 0. The van der Waals surface area contributed by atoms with Crippen molar-refractivity contribution in [1.82, 2.24) is 14.9 Å². The maximum atomic E-state index is 14.6. The van der Waals surface area contributed by atoms with Crippen LogP contribution in [0.1, 0.15) is 22.5 Å². The number of ether oxygens (including phenoxy) is 2. The Hall–Kier alpha value is -3.95. The highest BCUT2D eigenvalue weighted by Crippen LogP contribution is 2.32. The van der Waals surface area contributed by atoms with Gasteiger partial charge in [-0.05, 0) is 55.8 Å². The third kappa shape index (κ3) is 6.74. The fraction of sp³-hybridized carbons (Fsp3) is 0.370. The summed E-state index contributed by atoms with van der Waals surface area (Å²) in [5, 5.41) is 3.71. The molecule has 12 heteroatoms. The molecule has 0 spiro atoms. The van der Waals surface area contributed by atoms with Crippen molar-refractivity contribution in [2.45, 2.75) is 31.4 Å². The van der Waals surface area contributed by atoms with Crippen molar-refractivity contribution in [2.24, 2.45) is 5.84 Å². The predicted octanol–water partition coefficient (Wildman–Crippen LogP) is 3.70. The van der Waals surface area contributed by atoms with Crippen molar-refractivity contribution in [3.05, 3.63) is 53.7 Å². The number of alkyl halides is 4. The molecule has 2 atom stereocenters. The number of anilines is 1. The van der Waals surface area contributed by atoms with Crippen LogP contribution in [0.2, 0.25) is 0 Å². The lowest BCUT2D eigenvalue weighted by Crippen LogP contribution is -2.46. The molecule has 0 radical (unpaired) electrons. The number of hydrogen-bond acceptors (Lipinski definition) is 6. The van der Waals surface area contributed by atoms with E-state index in [1.807, 2.05) is 17.4 Å². The van der Waals surface area contributed by atoms with E-state index in [1.54, 1.807) is 24.3 Å². The molecule has 1 aliphatic rings. The zero-order valence-electron chi connectivity index (χ0n) is 21.4. The zero-order valence-corrected chi connectivity index (χ0v) is 21.4. The highest BCUT2D eigenvalue weighted by Gasteiger charge is 2.31. The van der Waals surface area contributed by atoms with Gasteiger partial charge in [-0.1, -0.05) is 12.0 Å². The molecule has 4 N–H and O–H groups in total. The number of nitrogens with one attached hydrogen (secondary N) is 2. The second-order valence-corrected chi connectivity index (χ2v) is 9.22. The van der Waals surface area contributed by atoms with Crippen LogP contribution in [-0.4, -0.2) is 67.6 Å². The van der Waals surface area contributed by atoms with Crippen LogP contribution in [0, 0.1) is 11.8 Å². The second-order valence-electron chi connectivity index (χ2n) is 9.22. The van der Waals surface area contributed by atoms with Gasteiger partial charge in [0.15, 0.2) is 11.5 Å². The van der Waals surface area contributed by atoms with Gasteiger partial charge in [-0.25, -0.2) is 10.2 Å². The number of benzene rings is 2. The quantitative estimate of drug-likeness (QED) is 0.137. The first kappa shape index (κ1) is 28.1. The number of fused-ring (bicyclic) bond motifs is 1. The van der Waals surface area contributed by atoms with Crippen molar-refractivity contribution in [1.29, 1.82) is 0 Å². The van der Waals surface area contributed by atoms with Crippen molar-refractivity contribution in [3.63, 3.8) is 0 Å². The third-order valence-electron chi connectivity index (χ3n) is 6.44. The number of likely N-dealkylation sites (tertiary alicyclic amines) is 1. The molecule has 0 bridgehead atoms. The van der Waals surface area contributed by atoms with Crippen LogP contribution in [0.4, 0.5) is 23.2 Å². The van der Waals surface area contributed by atoms with Crippen molar-refractivity contribution in [3.8, 4) is 23.3 Å². The molecular formula is C27H29F4N5O3. The van der Waals surface area contributed by atoms with E-state index >= 15 is 0 Å². The van der Waals surface area contributed by atoms with E-state index < -0.39 is 30.8 Å². The van der Waals surface area contributed by atoms with Crippen molar-refractivity contribution >= 4 is 22.5 Å². The second kappa shape index (κ2) is 11.8. The summed E-state index contributed by atoms with van der Waals surface area (Å²) in [6.45, 7) is -0.439. The van der Waals surface area contributed by atoms with Crippen LogP contribution in [0.25, 0.3) is 10.9 Å².